The third kappa shape index (κ3) is 2.30. The lowest BCUT2D eigenvalue weighted by Crippen LogP contribution is -2.25. The summed E-state index contributed by atoms with van der Waals surface area (Å²) >= 11 is 5.17. The largest absolute Gasteiger partial charge is 0.294 e. The van der Waals surface area contributed by atoms with Crippen molar-refractivity contribution in [3.8, 4) is 0 Å². The van der Waals surface area contributed by atoms with Crippen molar-refractivity contribution in [1.82, 2.24) is 9.88 Å². The zero-order valence-electron chi connectivity index (χ0n) is 7.66. The molecule has 1 fully saturated rings. The lowest BCUT2D eigenvalue weighted by Gasteiger charge is -2.18. The molecule has 1 atom stereocenters. The smallest absolute Gasteiger partial charge is 0.108 e. The molecule has 2 heterocycles. The fraction of sp³-hybridized carbons (Fsp3) is 0.667. The number of nitrogens with zero attached hydrogens (tertiary/aromatic N) is 2. The molecule has 13 heavy (non-hydrogen) atoms. The van der Waals surface area contributed by atoms with Gasteiger partial charge in [0.05, 0.1) is 16.5 Å². The van der Waals surface area contributed by atoms with E-state index in [0.717, 1.165) is 16.4 Å². The van der Waals surface area contributed by atoms with Crippen molar-refractivity contribution in [2.45, 2.75) is 32.4 Å². The van der Waals surface area contributed by atoms with E-state index in [0.29, 0.717) is 0 Å². The van der Waals surface area contributed by atoms with E-state index >= 15 is 0 Å². The van der Waals surface area contributed by atoms with Gasteiger partial charge in [0.2, 0.25) is 0 Å². The van der Waals surface area contributed by atoms with Crippen LogP contribution in [0.15, 0.2) is 9.98 Å². The molecule has 0 aliphatic carbocycles. The minimum Gasteiger partial charge on any atom is -0.294 e. The zero-order chi connectivity index (χ0) is 9.26. The Labute approximate surface area is 91.1 Å². The average Bonchev–Trinajstić information content (AvgIpc) is 2.64. The lowest BCUT2D eigenvalue weighted by molar-refractivity contribution is 0.260. The number of hydrogen-bond acceptors (Lipinski definition) is 3. The quantitative estimate of drug-likeness (QED) is 0.813. The zero-order valence-corrected chi connectivity index (χ0v) is 10.1. The predicted octanol–water partition coefficient (Wildman–Crippen LogP) is 2.89. The summed E-state index contributed by atoms with van der Waals surface area (Å²) in [6.45, 7) is 4.56. The summed E-state index contributed by atoms with van der Waals surface area (Å²) in [5.74, 6) is 0. The van der Waals surface area contributed by atoms with Crippen LogP contribution in [0.2, 0.25) is 0 Å². The monoisotopic (exact) mass is 260 g/mol. The molecule has 1 unspecified atom stereocenters. The van der Waals surface area contributed by atoms with E-state index in [-0.39, 0.29) is 0 Å². The molecule has 2 rings (SSSR count). The molecular weight excluding hydrogens is 248 g/mol. The molecule has 0 spiro atoms. The van der Waals surface area contributed by atoms with Gasteiger partial charge in [-0.1, -0.05) is 0 Å². The summed E-state index contributed by atoms with van der Waals surface area (Å²) in [7, 11) is 0. The Bertz CT molecular complexity index is 287. The molecule has 0 radical (unpaired) electrons. The first kappa shape index (κ1) is 9.62. The van der Waals surface area contributed by atoms with Crippen LogP contribution in [0, 0.1) is 0 Å². The van der Waals surface area contributed by atoms with Crippen LogP contribution >= 0.6 is 27.3 Å². The van der Waals surface area contributed by atoms with Crippen LogP contribution in [-0.2, 0) is 6.54 Å². The summed E-state index contributed by atoms with van der Waals surface area (Å²) in [5, 5.41) is 1.22. The van der Waals surface area contributed by atoms with Crippen molar-refractivity contribution < 1.29 is 0 Å². The molecule has 72 valence electrons. The van der Waals surface area contributed by atoms with Crippen LogP contribution < -0.4 is 0 Å². The Balaban J connectivity index is 1.97. The number of halogens is 1. The van der Waals surface area contributed by atoms with Crippen molar-refractivity contribution in [2.75, 3.05) is 6.54 Å². The van der Waals surface area contributed by atoms with Crippen molar-refractivity contribution in [1.29, 1.82) is 0 Å². The molecule has 1 aromatic heterocycles. The number of rotatable bonds is 2. The van der Waals surface area contributed by atoms with E-state index in [1.165, 1.54) is 24.4 Å². The van der Waals surface area contributed by atoms with Crippen LogP contribution in [0.4, 0.5) is 0 Å². The summed E-state index contributed by atoms with van der Waals surface area (Å²) in [6.07, 6.45) is 4.57. The van der Waals surface area contributed by atoms with Gasteiger partial charge in [-0.05, 0) is 42.2 Å². The summed E-state index contributed by atoms with van der Waals surface area (Å²) in [4.78, 5) is 6.85. The second-order valence-electron chi connectivity index (χ2n) is 3.52. The van der Waals surface area contributed by atoms with Crippen LogP contribution in [0.1, 0.15) is 24.8 Å². The van der Waals surface area contributed by atoms with E-state index in [2.05, 4.69) is 32.7 Å². The van der Waals surface area contributed by atoms with E-state index in [4.69, 9.17) is 0 Å². The summed E-state index contributed by atoms with van der Waals surface area (Å²) in [6, 6.07) is 0.739. The number of likely N-dealkylation sites (tertiary alicyclic amines) is 1. The highest BCUT2D eigenvalue weighted by molar-refractivity contribution is 9.11. The SMILES string of the molecule is CC1CCCN1Cc1ncc(Br)s1. The molecule has 0 N–H and O–H groups in total. The molecule has 1 aliphatic rings. The first-order valence-corrected chi connectivity index (χ1v) is 6.21. The van der Waals surface area contributed by atoms with Gasteiger partial charge in [-0.2, -0.15) is 0 Å². The van der Waals surface area contributed by atoms with Gasteiger partial charge in [-0.3, -0.25) is 4.90 Å². The molecule has 1 aliphatic heterocycles. The topological polar surface area (TPSA) is 16.1 Å². The van der Waals surface area contributed by atoms with Gasteiger partial charge in [0.1, 0.15) is 5.01 Å². The van der Waals surface area contributed by atoms with Crippen molar-refractivity contribution in [3.05, 3.63) is 15.0 Å². The third-order valence-electron chi connectivity index (χ3n) is 2.55. The van der Waals surface area contributed by atoms with Crippen molar-refractivity contribution >= 4 is 27.3 Å². The first-order valence-electron chi connectivity index (χ1n) is 4.60. The Morgan fingerprint density at radius 3 is 3.15 bits per heavy atom. The predicted molar refractivity (Wildman–Crippen MR) is 58.9 cm³/mol. The first-order chi connectivity index (χ1) is 6.25. The van der Waals surface area contributed by atoms with Crippen LogP contribution in [0.5, 0.6) is 0 Å². The highest BCUT2D eigenvalue weighted by atomic mass is 79.9. The van der Waals surface area contributed by atoms with Crippen LogP contribution in [0.3, 0.4) is 0 Å². The summed E-state index contributed by atoms with van der Waals surface area (Å²) in [5.41, 5.74) is 0. The molecular formula is C9H13BrN2S. The maximum Gasteiger partial charge on any atom is 0.108 e. The number of hydrogen-bond donors (Lipinski definition) is 0. The fourth-order valence-corrected chi connectivity index (χ4v) is 3.09. The van der Waals surface area contributed by atoms with E-state index in [9.17, 15) is 0 Å². The van der Waals surface area contributed by atoms with Gasteiger partial charge in [-0.15, -0.1) is 11.3 Å². The minimum absolute atomic E-state index is 0.739. The number of thiazole rings is 1. The maximum absolute atomic E-state index is 4.34. The second-order valence-corrected chi connectivity index (χ2v) is 6.01. The average molecular weight is 261 g/mol. The molecule has 2 nitrogen and oxygen atoms in total. The van der Waals surface area contributed by atoms with Gasteiger partial charge in [0, 0.05) is 6.04 Å². The van der Waals surface area contributed by atoms with E-state index in [1.807, 2.05) is 6.20 Å². The van der Waals surface area contributed by atoms with Gasteiger partial charge in [0.25, 0.3) is 0 Å². The maximum atomic E-state index is 4.34. The van der Waals surface area contributed by atoms with Gasteiger partial charge < -0.3 is 0 Å². The molecule has 4 heteroatoms. The lowest BCUT2D eigenvalue weighted by atomic mass is 10.2. The standard InChI is InChI=1S/C9H13BrN2S/c1-7-3-2-4-12(7)6-9-11-5-8(10)13-9/h5,7H,2-4,6H2,1H3. The molecule has 1 saturated heterocycles. The Morgan fingerprint density at radius 2 is 2.62 bits per heavy atom. The highest BCUT2D eigenvalue weighted by Gasteiger charge is 2.20. The third-order valence-corrected chi connectivity index (χ3v) is 4.02. The fourth-order valence-electron chi connectivity index (χ4n) is 1.76. The van der Waals surface area contributed by atoms with Crippen LogP contribution in [-0.4, -0.2) is 22.5 Å². The van der Waals surface area contributed by atoms with Crippen LogP contribution in [0.25, 0.3) is 0 Å². The molecule has 0 amide bonds. The van der Waals surface area contributed by atoms with Crippen molar-refractivity contribution in [2.24, 2.45) is 0 Å². The summed E-state index contributed by atoms with van der Waals surface area (Å²) < 4.78 is 1.13. The Kier molecular flexibility index (Phi) is 3.01. The molecule has 0 bridgehead atoms. The van der Waals surface area contributed by atoms with E-state index < -0.39 is 0 Å². The Morgan fingerprint density at radius 1 is 1.77 bits per heavy atom. The van der Waals surface area contributed by atoms with Gasteiger partial charge >= 0.3 is 0 Å². The number of aromatic nitrogens is 1. The Hall–Kier alpha value is 0.0700. The molecule has 0 aromatic carbocycles. The normalized spacial score (nSPS) is 24.0. The molecule has 1 aromatic rings. The minimum atomic E-state index is 0.739. The van der Waals surface area contributed by atoms with Gasteiger partial charge in [-0.25, -0.2) is 4.98 Å². The van der Waals surface area contributed by atoms with Gasteiger partial charge in [0.15, 0.2) is 0 Å². The highest BCUT2D eigenvalue weighted by Crippen LogP contribution is 2.24. The van der Waals surface area contributed by atoms with E-state index in [1.54, 1.807) is 11.3 Å². The molecule has 0 saturated carbocycles. The second kappa shape index (κ2) is 4.07. The van der Waals surface area contributed by atoms with Crippen molar-refractivity contribution in [3.63, 3.8) is 0 Å².